The first-order valence-electron chi connectivity index (χ1n) is 5.38. The number of nitrogens with one attached hydrogen (secondary N) is 1. The van der Waals surface area contributed by atoms with E-state index in [0.717, 1.165) is 25.0 Å². The molecule has 1 fully saturated rings. The molecule has 0 radical (unpaired) electrons. The molecular weight excluding hydrogens is 192 g/mol. The van der Waals surface area contributed by atoms with Gasteiger partial charge in [0.1, 0.15) is 5.92 Å². The number of carbonyl (C=O) groups excluding carboxylic acids is 1. The number of hydrogen-bond donors (Lipinski definition) is 1. The lowest BCUT2D eigenvalue weighted by molar-refractivity contribution is -0.143. The van der Waals surface area contributed by atoms with Gasteiger partial charge in [0.25, 0.3) is 0 Å². The second-order valence-electron chi connectivity index (χ2n) is 4.26. The summed E-state index contributed by atoms with van der Waals surface area (Å²) in [6.45, 7) is 1.89. The Labute approximate surface area is 89.2 Å². The van der Waals surface area contributed by atoms with Gasteiger partial charge in [-0.25, -0.2) is 0 Å². The van der Waals surface area contributed by atoms with E-state index in [2.05, 4.69) is 4.99 Å². The fourth-order valence-corrected chi connectivity index (χ4v) is 2.58. The summed E-state index contributed by atoms with van der Waals surface area (Å²) in [7, 11) is 1.37. The molecule has 1 saturated carbocycles. The van der Waals surface area contributed by atoms with Crippen molar-refractivity contribution in [1.29, 1.82) is 5.41 Å². The van der Waals surface area contributed by atoms with Crippen LogP contribution >= 0.6 is 0 Å². The minimum Gasteiger partial charge on any atom is -0.468 e. The van der Waals surface area contributed by atoms with Gasteiger partial charge >= 0.3 is 5.97 Å². The Hall–Kier alpha value is -1.19. The van der Waals surface area contributed by atoms with Gasteiger partial charge in [-0.05, 0) is 26.2 Å². The maximum Gasteiger partial charge on any atom is 0.316 e. The number of nitrogens with zero attached hydrogens (tertiary/aromatic N) is 1. The van der Waals surface area contributed by atoms with Crippen LogP contribution in [0.4, 0.5) is 0 Å². The van der Waals surface area contributed by atoms with Crippen LogP contribution in [0.2, 0.25) is 0 Å². The lowest BCUT2D eigenvalue weighted by Crippen LogP contribution is -2.42. The van der Waals surface area contributed by atoms with E-state index in [1.807, 2.05) is 6.92 Å². The summed E-state index contributed by atoms with van der Waals surface area (Å²) < 4.78 is 4.73. The minimum absolute atomic E-state index is 0.116. The van der Waals surface area contributed by atoms with Gasteiger partial charge < -0.3 is 10.1 Å². The fraction of sp³-hybridized carbons (Fsp3) is 0.727. The van der Waals surface area contributed by atoms with Crippen molar-refractivity contribution in [1.82, 2.24) is 0 Å². The molecule has 3 unspecified atom stereocenters. The highest BCUT2D eigenvalue weighted by Crippen LogP contribution is 2.33. The highest BCUT2D eigenvalue weighted by atomic mass is 16.5. The molecular formula is C11H16N2O2. The first-order chi connectivity index (χ1) is 7.15. The van der Waals surface area contributed by atoms with E-state index in [-0.39, 0.29) is 17.9 Å². The molecule has 0 aromatic rings. The van der Waals surface area contributed by atoms with E-state index >= 15 is 0 Å². The predicted molar refractivity (Wildman–Crippen MR) is 57.5 cm³/mol. The van der Waals surface area contributed by atoms with Crippen LogP contribution in [0.5, 0.6) is 0 Å². The molecule has 0 saturated heterocycles. The molecule has 82 valence electrons. The summed E-state index contributed by atoms with van der Waals surface area (Å²) in [6.07, 6.45) is 3.05. The number of methoxy groups -OCH3 is 1. The summed E-state index contributed by atoms with van der Waals surface area (Å²) in [5, 5.41) is 8.06. The smallest absolute Gasteiger partial charge is 0.316 e. The number of carbonyl (C=O) groups is 1. The second kappa shape index (κ2) is 3.76. The molecule has 1 heterocycles. The molecule has 0 spiro atoms. The standard InChI is InChI=1S/C11H16N2O2/c1-6-9(11(14)15-2)10(12)7-4-3-5-8(7)13-6/h6-7,9,12H,3-5H2,1-2H3. The maximum absolute atomic E-state index is 11.5. The van der Waals surface area contributed by atoms with Crippen LogP contribution in [-0.2, 0) is 9.53 Å². The Kier molecular flexibility index (Phi) is 2.59. The van der Waals surface area contributed by atoms with Gasteiger partial charge in [-0.1, -0.05) is 0 Å². The fourth-order valence-electron chi connectivity index (χ4n) is 2.58. The van der Waals surface area contributed by atoms with Gasteiger partial charge in [0.2, 0.25) is 0 Å². The quantitative estimate of drug-likeness (QED) is 0.663. The predicted octanol–water partition coefficient (Wildman–Crippen LogP) is 1.44. The number of ether oxygens (including phenoxy) is 1. The molecule has 0 bridgehead atoms. The molecule has 3 atom stereocenters. The molecule has 4 nitrogen and oxygen atoms in total. The summed E-state index contributed by atoms with van der Waals surface area (Å²) in [5.41, 5.74) is 1.63. The highest BCUT2D eigenvalue weighted by molar-refractivity contribution is 6.15. The zero-order valence-corrected chi connectivity index (χ0v) is 9.12. The molecule has 0 aromatic carbocycles. The Morgan fingerprint density at radius 3 is 3.00 bits per heavy atom. The molecule has 1 aliphatic heterocycles. The van der Waals surface area contributed by atoms with Gasteiger partial charge in [-0.3, -0.25) is 9.79 Å². The van der Waals surface area contributed by atoms with Crippen LogP contribution < -0.4 is 0 Å². The number of esters is 1. The van der Waals surface area contributed by atoms with Crippen LogP contribution in [0.1, 0.15) is 26.2 Å². The van der Waals surface area contributed by atoms with Crippen LogP contribution in [0.3, 0.4) is 0 Å². The molecule has 1 aliphatic carbocycles. The summed E-state index contributed by atoms with van der Waals surface area (Å²) in [5.74, 6) is -0.658. The van der Waals surface area contributed by atoms with Crippen LogP contribution in [-0.4, -0.2) is 30.5 Å². The molecule has 1 N–H and O–H groups in total. The average molecular weight is 208 g/mol. The van der Waals surface area contributed by atoms with Gasteiger partial charge in [-0.15, -0.1) is 0 Å². The summed E-state index contributed by atoms with van der Waals surface area (Å²) in [6, 6.07) is -0.130. The highest BCUT2D eigenvalue weighted by Gasteiger charge is 2.41. The third-order valence-electron chi connectivity index (χ3n) is 3.35. The number of hydrogen-bond acceptors (Lipinski definition) is 4. The van der Waals surface area contributed by atoms with Gasteiger partial charge in [0.15, 0.2) is 0 Å². The normalized spacial score (nSPS) is 34.7. The molecule has 0 aromatic heterocycles. The Morgan fingerprint density at radius 1 is 1.60 bits per heavy atom. The van der Waals surface area contributed by atoms with Crippen molar-refractivity contribution >= 4 is 17.4 Å². The van der Waals surface area contributed by atoms with Crippen molar-refractivity contribution in [2.24, 2.45) is 16.8 Å². The zero-order valence-electron chi connectivity index (χ0n) is 9.12. The third-order valence-corrected chi connectivity index (χ3v) is 3.35. The van der Waals surface area contributed by atoms with E-state index in [1.165, 1.54) is 7.11 Å². The number of fused-ring (bicyclic) bond motifs is 1. The van der Waals surface area contributed by atoms with Crippen LogP contribution in [0, 0.1) is 17.2 Å². The average Bonchev–Trinajstić information content (AvgIpc) is 2.65. The Balaban J connectivity index is 2.29. The van der Waals surface area contributed by atoms with Gasteiger partial charge in [0.05, 0.1) is 13.2 Å². The van der Waals surface area contributed by atoms with Crippen molar-refractivity contribution in [3.05, 3.63) is 0 Å². The Morgan fingerprint density at radius 2 is 2.33 bits per heavy atom. The monoisotopic (exact) mass is 208 g/mol. The largest absolute Gasteiger partial charge is 0.468 e. The van der Waals surface area contributed by atoms with Gasteiger partial charge in [-0.2, -0.15) is 0 Å². The maximum atomic E-state index is 11.5. The SMILES string of the molecule is COC(=O)C1C(=N)C2CCCC2=NC1C. The van der Waals surface area contributed by atoms with E-state index in [0.29, 0.717) is 5.71 Å². The molecule has 4 heteroatoms. The van der Waals surface area contributed by atoms with Gasteiger partial charge in [0, 0.05) is 17.3 Å². The second-order valence-corrected chi connectivity index (χ2v) is 4.26. The van der Waals surface area contributed by atoms with Crippen molar-refractivity contribution in [2.45, 2.75) is 32.2 Å². The first kappa shape index (κ1) is 10.3. The Bertz CT molecular complexity index is 335. The van der Waals surface area contributed by atoms with E-state index in [4.69, 9.17) is 10.1 Å². The van der Waals surface area contributed by atoms with Crippen molar-refractivity contribution in [2.75, 3.05) is 7.11 Å². The summed E-state index contributed by atoms with van der Waals surface area (Å²) >= 11 is 0. The molecule has 2 rings (SSSR count). The lowest BCUT2D eigenvalue weighted by Gasteiger charge is -2.29. The lowest BCUT2D eigenvalue weighted by atomic mass is 9.82. The minimum atomic E-state index is -0.457. The van der Waals surface area contributed by atoms with Crippen LogP contribution in [0.15, 0.2) is 4.99 Å². The van der Waals surface area contributed by atoms with Crippen molar-refractivity contribution in [3.63, 3.8) is 0 Å². The molecule has 2 aliphatic rings. The van der Waals surface area contributed by atoms with E-state index in [9.17, 15) is 4.79 Å². The molecule has 0 amide bonds. The summed E-state index contributed by atoms with van der Waals surface area (Å²) in [4.78, 5) is 16.1. The first-order valence-corrected chi connectivity index (χ1v) is 5.38. The molecule has 15 heavy (non-hydrogen) atoms. The topological polar surface area (TPSA) is 62.5 Å². The van der Waals surface area contributed by atoms with E-state index in [1.54, 1.807) is 0 Å². The van der Waals surface area contributed by atoms with Crippen molar-refractivity contribution < 1.29 is 9.53 Å². The van der Waals surface area contributed by atoms with Crippen LogP contribution in [0.25, 0.3) is 0 Å². The number of aliphatic imine (C=N–C) groups is 1. The van der Waals surface area contributed by atoms with E-state index < -0.39 is 5.92 Å². The van der Waals surface area contributed by atoms with Crippen molar-refractivity contribution in [3.8, 4) is 0 Å². The zero-order chi connectivity index (χ0) is 11.0. The number of rotatable bonds is 1. The third kappa shape index (κ3) is 1.58.